The minimum atomic E-state index is -4.38. The summed E-state index contributed by atoms with van der Waals surface area (Å²) in [4.78, 5) is 15.4. The Labute approximate surface area is 189 Å². The summed E-state index contributed by atoms with van der Waals surface area (Å²) in [5.74, 6) is -0.872. The fourth-order valence-corrected chi connectivity index (χ4v) is 5.22. The molecule has 0 atom stereocenters. The monoisotopic (exact) mass is 480 g/mol. The van der Waals surface area contributed by atoms with E-state index in [0.29, 0.717) is 17.1 Å². The molecule has 0 fully saturated rings. The summed E-state index contributed by atoms with van der Waals surface area (Å²) < 4.78 is 58.2. The number of carbonyl (C=O) groups excluding carboxylic acids is 1. The largest absolute Gasteiger partial charge is 0.497 e. The molecular formula is C21H21FN2O6S2. The van der Waals surface area contributed by atoms with Crippen molar-refractivity contribution in [2.24, 2.45) is 0 Å². The molecule has 3 aromatic rings. The highest BCUT2D eigenvalue weighted by Gasteiger charge is 2.31. The summed E-state index contributed by atoms with van der Waals surface area (Å²) in [7, 11) is -1.42. The third kappa shape index (κ3) is 4.83. The van der Waals surface area contributed by atoms with Crippen molar-refractivity contribution in [1.29, 1.82) is 0 Å². The molecule has 0 radical (unpaired) electrons. The number of hydrogen-bond donors (Lipinski definition) is 0. The highest BCUT2D eigenvalue weighted by atomic mass is 32.2. The molecule has 170 valence electrons. The van der Waals surface area contributed by atoms with Gasteiger partial charge in [0.25, 0.3) is 10.0 Å². The van der Waals surface area contributed by atoms with E-state index in [4.69, 9.17) is 14.2 Å². The number of carbonyl (C=O) groups is 1. The number of halogens is 1. The van der Waals surface area contributed by atoms with Crippen molar-refractivity contribution < 1.29 is 31.8 Å². The van der Waals surface area contributed by atoms with Crippen LogP contribution in [0.1, 0.15) is 22.8 Å². The number of hydrogen-bond acceptors (Lipinski definition) is 8. The van der Waals surface area contributed by atoms with Gasteiger partial charge in [-0.05, 0) is 37.3 Å². The number of anilines is 1. The van der Waals surface area contributed by atoms with E-state index in [2.05, 4.69) is 4.98 Å². The van der Waals surface area contributed by atoms with Crippen LogP contribution in [-0.2, 0) is 21.3 Å². The van der Waals surface area contributed by atoms with Crippen molar-refractivity contribution in [2.75, 3.05) is 25.1 Å². The van der Waals surface area contributed by atoms with Gasteiger partial charge >= 0.3 is 5.97 Å². The summed E-state index contributed by atoms with van der Waals surface area (Å²) in [5.41, 5.74) is 0.441. The van der Waals surface area contributed by atoms with E-state index in [1.165, 1.54) is 26.5 Å². The highest BCUT2D eigenvalue weighted by Crippen LogP contribution is 2.32. The van der Waals surface area contributed by atoms with Gasteiger partial charge in [0, 0.05) is 23.2 Å². The van der Waals surface area contributed by atoms with Gasteiger partial charge in [0.1, 0.15) is 22.2 Å². The maximum atomic E-state index is 14.9. The fourth-order valence-electron chi connectivity index (χ4n) is 2.90. The lowest BCUT2D eigenvalue weighted by Crippen LogP contribution is -2.31. The van der Waals surface area contributed by atoms with E-state index in [1.807, 2.05) is 0 Å². The molecule has 0 amide bonds. The fraction of sp³-hybridized carbons (Fsp3) is 0.238. The topological polar surface area (TPSA) is 95.0 Å². The van der Waals surface area contributed by atoms with Crippen LogP contribution in [0.3, 0.4) is 0 Å². The number of nitrogens with zero attached hydrogens (tertiary/aromatic N) is 2. The van der Waals surface area contributed by atoms with Crippen molar-refractivity contribution in [2.45, 2.75) is 18.4 Å². The summed E-state index contributed by atoms with van der Waals surface area (Å²) >= 11 is 1.09. The van der Waals surface area contributed by atoms with Crippen molar-refractivity contribution in [3.8, 4) is 11.5 Å². The lowest BCUT2D eigenvalue weighted by atomic mass is 10.2. The Morgan fingerprint density at radius 3 is 2.53 bits per heavy atom. The quantitative estimate of drug-likeness (QED) is 0.429. The second-order valence-electron chi connectivity index (χ2n) is 6.37. The van der Waals surface area contributed by atoms with Gasteiger partial charge in [-0.25, -0.2) is 26.9 Å². The van der Waals surface area contributed by atoms with Crippen molar-refractivity contribution in [3.05, 3.63) is 64.9 Å². The van der Waals surface area contributed by atoms with Crippen LogP contribution in [0.4, 0.5) is 9.52 Å². The normalized spacial score (nSPS) is 11.1. The highest BCUT2D eigenvalue weighted by molar-refractivity contribution is 7.93. The first-order chi connectivity index (χ1) is 15.3. The molecular weight excluding hydrogens is 459 g/mol. The number of benzene rings is 2. The first-order valence-corrected chi connectivity index (χ1v) is 11.7. The summed E-state index contributed by atoms with van der Waals surface area (Å²) in [6, 6.07) is 8.05. The SMILES string of the molecule is CCOC(=O)c1ccc(S(=O)(=O)N(Cc2ccc(OC)cc2OC)c2nccs2)c(F)c1. The van der Waals surface area contributed by atoms with Gasteiger partial charge < -0.3 is 14.2 Å². The number of methoxy groups -OCH3 is 2. The molecule has 0 aliphatic rings. The Bertz CT molecular complexity index is 1200. The van der Waals surface area contributed by atoms with E-state index in [9.17, 15) is 17.6 Å². The van der Waals surface area contributed by atoms with E-state index >= 15 is 0 Å². The van der Waals surface area contributed by atoms with Crippen LogP contribution in [0.25, 0.3) is 0 Å². The van der Waals surface area contributed by atoms with Crippen LogP contribution in [0.15, 0.2) is 52.9 Å². The van der Waals surface area contributed by atoms with Gasteiger partial charge in [0.05, 0.1) is 32.9 Å². The van der Waals surface area contributed by atoms with Crippen LogP contribution in [-0.4, -0.2) is 40.2 Å². The summed E-state index contributed by atoms with van der Waals surface area (Å²) in [6.45, 7) is 1.57. The molecule has 8 nitrogen and oxygen atoms in total. The minimum absolute atomic E-state index is 0.0825. The smallest absolute Gasteiger partial charge is 0.338 e. The third-order valence-corrected chi connectivity index (χ3v) is 7.13. The van der Waals surface area contributed by atoms with Gasteiger partial charge in [-0.3, -0.25) is 0 Å². The molecule has 0 aliphatic heterocycles. The van der Waals surface area contributed by atoms with E-state index in [1.54, 1.807) is 30.5 Å². The van der Waals surface area contributed by atoms with Gasteiger partial charge in [-0.1, -0.05) is 0 Å². The van der Waals surface area contributed by atoms with Crippen LogP contribution >= 0.6 is 11.3 Å². The van der Waals surface area contributed by atoms with Gasteiger partial charge in [-0.2, -0.15) is 0 Å². The zero-order valence-corrected chi connectivity index (χ0v) is 19.2. The Morgan fingerprint density at radius 1 is 1.16 bits per heavy atom. The number of aromatic nitrogens is 1. The maximum absolute atomic E-state index is 14.9. The van der Waals surface area contributed by atoms with Gasteiger partial charge in [0.2, 0.25) is 0 Å². The molecule has 0 saturated carbocycles. The first kappa shape index (κ1) is 23.5. The predicted octanol–water partition coefficient (Wildman–Crippen LogP) is 3.87. The average Bonchev–Trinajstić information content (AvgIpc) is 3.31. The number of thiazole rings is 1. The van der Waals surface area contributed by atoms with E-state index in [-0.39, 0.29) is 23.8 Å². The van der Waals surface area contributed by atoms with Crippen molar-refractivity contribution in [1.82, 2.24) is 4.98 Å². The molecule has 0 saturated heterocycles. The second-order valence-corrected chi connectivity index (χ2v) is 9.07. The Morgan fingerprint density at radius 2 is 1.94 bits per heavy atom. The molecule has 0 N–H and O–H groups in total. The summed E-state index contributed by atoms with van der Waals surface area (Å²) in [5, 5.41) is 1.76. The van der Waals surface area contributed by atoms with E-state index < -0.39 is 26.7 Å². The summed E-state index contributed by atoms with van der Waals surface area (Å²) in [6.07, 6.45) is 1.45. The standard InChI is InChI=1S/C21H21FN2O6S2/c1-4-30-20(25)14-6-8-19(17(22)11-14)32(26,27)24(21-23-9-10-31-21)13-15-5-7-16(28-2)12-18(15)29-3/h5-12H,4,13H2,1-3H3. The van der Waals surface area contributed by atoms with Crippen LogP contribution in [0, 0.1) is 5.82 Å². The van der Waals surface area contributed by atoms with Crippen LogP contribution in [0.5, 0.6) is 11.5 Å². The Hall–Kier alpha value is -3.18. The number of ether oxygens (including phenoxy) is 3. The molecule has 0 aliphatic carbocycles. The number of sulfonamides is 1. The third-order valence-electron chi connectivity index (χ3n) is 4.45. The maximum Gasteiger partial charge on any atom is 0.338 e. The molecule has 0 bridgehead atoms. The second kappa shape index (κ2) is 9.96. The Kier molecular flexibility index (Phi) is 7.31. The average molecular weight is 481 g/mol. The molecule has 32 heavy (non-hydrogen) atoms. The van der Waals surface area contributed by atoms with Crippen molar-refractivity contribution >= 4 is 32.5 Å². The van der Waals surface area contributed by atoms with Gasteiger partial charge in [-0.15, -0.1) is 11.3 Å². The molecule has 0 spiro atoms. The van der Waals surface area contributed by atoms with E-state index in [0.717, 1.165) is 27.8 Å². The molecule has 0 unspecified atom stereocenters. The molecule has 1 heterocycles. The van der Waals surface area contributed by atoms with Crippen molar-refractivity contribution in [3.63, 3.8) is 0 Å². The lowest BCUT2D eigenvalue weighted by Gasteiger charge is -2.23. The lowest BCUT2D eigenvalue weighted by molar-refractivity contribution is 0.0525. The molecule has 2 aromatic carbocycles. The number of rotatable bonds is 9. The van der Waals surface area contributed by atoms with Gasteiger partial charge in [0.15, 0.2) is 5.13 Å². The molecule has 1 aromatic heterocycles. The molecule has 11 heteroatoms. The number of esters is 1. The van der Waals surface area contributed by atoms with Crippen LogP contribution in [0.2, 0.25) is 0 Å². The van der Waals surface area contributed by atoms with Crippen LogP contribution < -0.4 is 13.8 Å². The predicted molar refractivity (Wildman–Crippen MR) is 117 cm³/mol. The zero-order valence-electron chi connectivity index (χ0n) is 17.6. The zero-order chi connectivity index (χ0) is 23.3. The Balaban J connectivity index is 2.04. The molecule has 3 rings (SSSR count). The minimum Gasteiger partial charge on any atom is -0.497 e. The first-order valence-electron chi connectivity index (χ1n) is 9.41.